The Labute approximate surface area is 115 Å². The van der Waals surface area contributed by atoms with Crippen LogP contribution in [0.3, 0.4) is 0 Å². The van der Waals surface area contributed by atoms with Crippen LogP contribution < -0.4 is 5.32 Å². The highest BCUT2D eigenvalue weighted by Gasteiger charge is 2.42. The van der Waals surface area contributed by atoms with Gasteiger partial charge >= 0.3 is 6.18 Å². The summed E-state index contributed by atoms with van der Waals surface area (Å²) in [5.74, 6) is -1.09. The van der Waals surface area contributed by atoms with Gasteiger partial charge in [-0.2, -0.15) is 13.2 Å². The van der Waals surface area contributed by atoms with Crippen molar-refractivity contribution in [1.29, 1.82) is 0 Å². The minimum absolute atomic E-state index is 0.0199. The van der Waals surface area contributed by atoms with Gasteiger partial charge in [0.25, 0.3) is 0 Å². The summed E-state index contributed by atoms with van der Waals surface area (Å²) in [5, 5.41) is 3.56. The topological polar surface area (TPSA) is 12.0 Å². The van der Waals surface area contributed by atoms with Crippen molar-refractivity contribution in [3.05, 3.63) is 0 Å². The van der Waals surface area contributed by atoms with Crippen molar-refractivity contribution >= 4 is 0 Å². The van der Waals surface area contributed by atoms with Gasteiger partial charge in [0, 0.05) is 11.6 Å². The van der Waals surface area contributed by atoms with E-state index in [1.54, 1.807) is 0 Å². The third-order valence-corrected chi connectivity index (χ3v) is 3.76. The lowest BCUT2D eigenvalue weighted by atomic mass is 9.79. The van der Waals surface area contributed by atoms with Crippen LogP contribution in [0.15, 0.2) is 0 Å². The molecule has 1 nitrogen and oxygen atoms in total. The van der Waals surface area contributed by atoms with Crippen LogP contribution in [0, 0.1) is 11.3 Å². The van der Waals surface area contributed by atoms with E-state index in [-0.39, 0.29) is 29.8 Å². The predicted octanol–water partition coefficient (Wildman–Crippen LogP) is 4.91. The summed E-state index contributed by atoms with van der Waals surface area (Å²) < 4.78 is 37.8. The fraction of sp³-hybridized carbons (Fsp3) is 1.00. The second kappa shape index (κ2) is 5.63. The van der Waals surface area contributed by atoms with Crippen LogP contribution in [-0.4, -0.2) is 17.8 Å². The van der Waals surface area contributed by atoms with E-state index in [1.165, 1.54) is 0 Å². The van der Waals surface area contributed by atoms with Crippen LogP contribution in [0.25, 0.3) is 0 Å². The van der Waals surface area contributed by atoms with E-state index in [0.29, 0.717) is 12.8 Å². The lowest BCUT2D eigenvalue weighted by Crippen LogP contribution is -2.49. The predicted molar refractivity (Wildman–Crippen MR) is 73.1 cm³/mol. The van der Waals surface area contributed by atoms with Gasteiger partial charge in [0.05, 0.1) is 5.92 Å². The van der Waals surface area contributed by atoms with Gasteiger partial charge in [-0.3, -0.25) is 0 Å². The summed E-state index contributed by atoms with van der Waals surface area (Å²) in [5.41, 5.74) is 0.202. The molecule has 114 valence electrons. The Hall–Kier alpha value is -0.250. The Bertz CT molecular complexity index is 281. The van der Waals surface area contributed by atoms with Gasteiger partial charge in [0.15, 0.2) is 0 Å². The molecule has 0 atom stereocenters. The number of nitrogens with one attached hydrogen (secondary N) is 1. The highest BCUT2D eigenvalue weighted by Crippen LogP contribution is 2.38. The van der Waals surface area contributed by atoms with Gasteiger partial charge in [0.2, 0.25) is 0 Å². The van der Waals surface area contributed by atoms with E-state index in [0.717, 1.165) is 6.42 Å². The Morgan fingerprint density at radius 2 is 1.37 bits per heavy atom. The first-order valence-corrected chi connectivity index (χ1v) is 7.23. The Morgan fingerprint density at radius 1 is 0.895 bits per heavy atom. The first-order chi connectivity index (χ1) is 8.39. The number of alkyl halides is 3. The molecular weight excluding hydrogens is 251 g/mol. The van der Waals surface area contributed by atoms with E-state index in [9.17, 15) is 13.2 Å². The number of rotatable bonds is 3. The quantitative estimate of drug-likeness (QED) is 0.774. The average molecular weight is 279 g/mol. The fourth-order valence-electron chi connectivity index (χ4n) is 3.49. The molecule has 0 unspecified atom stereocenters. The summed E-state index contributed by atoms with van der Waals surface area (Å²) in [7, 11) is 0. The second-order valence-electron chi connectivity index (χ2n) is 7.86. The van der Waals surface area contributed by atoms with Crippen molar-refractivity contribution in [3.8, 4) is 0 Å². The Balaban J connectivity index is 2.45. The molecule has 4 heteroatoms. The van der Waals surface area contributed by atoms with E-state index >= 15 is 0 Å². The van der Waals surface area contributed by atoms with Crippen LogP contribution in [0.5, 0.6) is 0 Å². The molecule has 1 fully saturated rings. The highest BCUT2D eigenvalue weighted by molar-refractivity contribution is 4.89. The third kappa shape index (κ3) is 6.15. The summed E-state index contributed by atoms with van der Waals surface area (Å²) in [6.45, 7) is 10.9. The van der Waals surface area contributed by atoms with E-state index < -0.39 is 12.1 Å². The zero-order valence-electron chi connectivity index (χ0n) is 12.8. The Morgan fingerprint density at radius 3 is 1.74 bits per heavy atom. The van der Waals surface area contributed by atoms with Gasteiger partial charge in [-0.25, -0.2) is 0 Å². The van der Waals surface area contributed by atoms with Crippen LogP contribution in [0.4, 0.5) is 13.2 Å². The summed E-state index contributed by atoms with van der Waals surface area (Å²) >= 11 is 0. The van der Waals surface area contributed by atoms with Crippen LogP contribution in [0.1, 0.15) is 66.7 Å². The van der Waals surface area contributed by atoms with E-state index in [1.807, 2.05) is 0 Å². The van der Waals surface area contributed by atoms with Crippen LogP contribution >= 0.6 is 0 Å². The molecule has 0 aliphatic heterocycles. The van der Waals surface area contributed by atoms with Crippen molar-refractivity contribution in [1.82, 2.24) is 5.32 Å². The smallest absolute Gasteiger partial charge is 0.309 e. The molecule has 1 aliphatic carbocycles. The van der Waals surface area contributed by atoms with Crippen molar-refractivity contribution in [2.45, 2.75) is 84.5 Å². The zero-order valence-corrected chi connectivity index (χ0v) is 12.8. The molecule has 0 aromatic rings. The summed E-state index contributed by atoms with van der Waals surface area (Å²) in [6.07, 6.45) is -1.18. The molecule has 0 saturated heterocycles. The molecule has 1 rings (SSSR count). The van der Waals surface area contributed by atoms with Crippen molar-refractivity contribution in [2.75, 3.05) is 0 Å². The molecule has 1 aliphatic rings. The maximum atomic E-state index is 12.6. The average Bonchev–Trinajstić information content (AvgIpc) is 2.11. The monoisotopic (exact) mass is 279 g/mol. The van der Waals surface area contributed by atoms with Crippen molar-refractivity contribution in [3.63, 3.8) is 0 Å². The zero-order chi connectivity index (χ0) is 14.9. The van der Waals surface area contributed by atoms with E-state index in [4.69, 9.17) is 0 Å². The largest absolute Gasteiger partial charge is 0.391 e. The van der Waals surface area contributed by atoms with Crippen LogP contribution in [0.2, 0.25) is 0 Å². The molecule has 1 N–H and O–H groups in total. The maximum absolute atomic E-state index is 12.6. The fourth-order valence-corrected chi connectivity index (χ4v) is 3.49. The minimum Gasteiger partial charge on any atom is -0.309 e. The normalized spacial score (nSPS) is 26.5. The van der Waals surface area contributed by atoms with Gasteiger partial charge in [0.1, 0.15) is 0 Å². The third-order valence-electron chi connectivity index (χ3n) is 3.76. The molecule has 0 spiro atoms. The number of hydrogen-bond acceptors (Lipinski definition) is 1. The lowest BCUT2D eigenvalue weighted by molar-refractivity contribution is -0.183. The van der Waals surface area contributed by atoms with Gasteiger partial charge in [-0.15, -0.1) is 0 Å². The summed E-state index contributed by atoms with van der Waals surface area (Å²) in [4.78, 5) is 0. The number of hydrogen-bond donors (Lipinski definition) is 1. The Kier molecular flexibility index (Phi) is 4.98. The maximum Gasteiger partial charge on any atom is 0.391 e. The molecular formula is C15H28F3N. The van der Waals surface area contributed by atoms with Gasteiger partial charge < -0.3 is 5.32 Å². The molecule has 0 aromatic carbocycles. The molecule has 1 saturated carbocycles. The molecule has 0 heterocycles. The first-order valence-electron chi connectivity index (χ1n) is 7.23. The first kappa shape index (κ1) is 16.8. The minimum atomic E-state index is -4.01. The molecule has 0 amide bonds. The molecule has 0 radical (unpaired) electrons. The standard InChI is InChI=1S/C15H28F3N/c1-13(2,3)10-14(4,5)19-12-8-6-11(7-9-12)15(16,17)18/h11-12,19H,6-10H2,1-5H3. The van der Waals surface area contributed by atoms with E-state index in [2.05, 4.69) is 39.9 Å². The SMILES string of the molecule is CC(C)(C)CC(C)(C)NC1CCC(C(F)(F)F)CC1. The number of halogens is 3. The highest BCUT2D eigenvalue weighted by atomic mass is 19.4. The van der Waals surface area contributed by atoms with Crippen molar-refractivity contribution < 1.29 is 13.2 Å². The van der Waals surface area contributed by atoms with Crippen molar-refractivity contribution in [2.24, 2.45) is 11.3 Å². The van der Waals surface area contributed by atoms with Crippen LogP contribution in [-0.2, 0) is 0 Å². The molecule has 19 heavy (non-hydrogen) atoms. The molecule has 0 bridgehead atoms. The van der Waals surface area contributed by atoms with Gasteiger partial charge in [-0.1, -0.05) is 20.8 Å². The lowest BCUT2D eigenvalue weighted by Gasteiger charge is -2.39. The van der Waals surface area contributed by atoms with Gasteiger partial charge in [-0.05, 0) is 51.4 Å². The summed E-state index contributed by atoms with van der Waals surface area (Å²) in [6, 6.07) is 0.232. The second-order valence-corrected chi connectivity index (χ2v) is 7.86. The molecule has 0 aromatic heterocycles.